The number of amides is 3. The minimum atomic E-state index is -2.57. The largest absolute Gasteiger partial charge is 0.497 e. The van der Waals surface area contributed by atoms with Crippen LogP contribution in [0.1, 0.15) is 64.4 Å². The van der Waals surface area contributed by atoms with Gasteiger partial charge in [-0.1, -0.05) is 37.3 Å². The number of nitrogens with zero attached hydrogens (tertiary/aromatic N) is 3. The van der Waals surface area contributed by atoms with Gasteiger partial charge in [-0.3, -0.25) is 28.9 Å². The molecule has 0 radical (unpaired) electrons. The fourth-order valence-corrected chi connectivity index (χ4v) is 13.2. The standard InChI is InChI=1S/C39H51N3O10Si/c1-24-37(53(5,6)29-15-13-28(49-3)14-16-29)32(21-33(45)40-19-9-10-27(40)23-43)52-39(24)30-20-26(42-34(46)22-35(42)51-25(2)44)12-17-31(30)41(38(39)48)18-8-7-11-36(47)50-4/h12-17,20,24,27,32,35,37,43H,7-11,18-19,21-23H2,1-6H3/t24-,27+,32+,35?,37-,39+/m1/s1. The van der Waals surface area contributed by atoms with Crippen LogP contribution in [0.25, 0.3) is 0 Å². The number of anilines is 2. The maximum atomic E-state index is 15.1. The van der Waals surface area contributed by atoms with Crippen molar-refractivity contribution in [2.24, 2.45) is 5.92 Å². The molecule has 13 nitrogen and oxygen atoms in total. The van der Waals surface area contributed by atoms with Crippen molar-refractivity contribution < 1.29 is 48.0 Å². The first-order valence-corrected chi connectivity index (χ1v) is 21.6. The van der Waals surface area contributed by atoms with Crippen LogP contribution in [0.5, 0.6) is 5.75 Å². The van der Waals surface area contributed by atoms with Gasteiger partial charge in [-0.25, -0.2) is 0 Å². The minimum absolute atomic E-state index is 0.0421. The van der Waals surface area contributed by atoms with Gasteiger partial charge in [-0.2, -0.15) is 0 Å². The van der Waals surface area contributed by atoms with Crippen molar-refractivity contribution in [1.29, 1.82) is 0 Å². The van der Waals surface area contributed by atoms with E-state index in [0.29, 0.717) is 42.9 Å². The average Bonchev–Trinajstić information content (AvgIpc) is 3.79. The molecule has 1 spiro atoms. The van der Waals surface area contributed by atoms with E-state index in [1.165, 1.54) is 18.9 Å². The summed E-state index contributed by atoms with van der Waals surface area (Å²) < 4.78 is 22.9. The minimum Gasteiger partial charge on any atom is -0.497 e. The summed E-state index contributed by atoms with van der Waals surface area (Å²) in [7, 11) is 0.396. The highest BCUT2D eigenvalue weighted by atomic mass is 28.3. The molecule has 6 rings (SSSR count). The second-order valence-corrected chi connectivity index (χ2v) is 19.8. The number of β-lactam (4-membered cyclic amide) rings is 1. The number of esters is 2. The van der Waals surface area contributed by atoms with Crippen LogP contribution in [-0.2, 0) is 43.8 Å². The number of aliphatic hydroxyl groups excluding tert-OH is 1. The van der Waals surface area contributed by atoms with E-state index >= 15 is 4.79 Å². The van der Waals surface area contributed by atoms with Gasteiger partial charge in [0.25, 0.3) is 5.91 Å². The number of carbonyl (C=O) groups excluding carboxylic acids is 5. The molecule has 2 aromatic rings. The molecule has 4 aliphatic rings. The van der Waals surface area contributed by atoms with Gasteiger partial charge in [-0.05, 0) is 61.6 Å². The van der Waals surface area contributed by atoms with E-state index in [1.807, 2.05) is 19.1 Å². The number of hydrogen-bond donors (Lipinski definition) is 1. The fraction of sp³-hybridized carbons (Fsp3) is 0.564. The molecule has 14 heteroatoms. The maximum absolute atomic E-state index is 15.1. The second-order valence-electron chi connectivity index (χ2n) is 15.1. The smallest absolute Gasteiger partial charge is 0.305 e. The highest BCUT2D eigenvalue weighted by Crippen LogP contribution is 2.60. The summed E-state index contributed by atoms with van der Waals surface area (Å²) in [6.07, 6.45) is 1.49. The first-order valence-electron chi connectivity index (χ1n) is 18.5. The number of benzene rings is 2. The van der Waals surface area contributed by atoms with Gasteiger partial charge in [-0.15, -0.1) is 0 Å². The Morgan fingerprint density at radius 2 is 1.79 bits per heavy atom. The molecule has 4 heterocycles. The second kappa shape index (κ2) is 15.2. The van der Waals surface area contributed by atoms with Crippen molar-refractivity contribution in [2.75, 3.05) is 43.7 Å². The molecule has 3 amide bonds. The van der Waals surface area contributed by atoms with Crippen LogP contribution in [0.2, 0.25) is 18.6 Å². The Morgan fingerprint density at radius 3 is 2.43 bits per heavy atom. The molecule has 286 valence electrons. The Bertz CT molecular complexity index is 1750. The summed E-state index contributed by atoms with van der Waals surface area (Å²) in [5, 5.41) is 11.2. The zero-order valence-corrected chi connectivity index (χ0v) is 32.5. The molecule has 3 saturated heterocycles. The van der Waals surface area contributed by atoms with Crippen LogP contribution in [-0.4, -0.2) is 100 Å². The Labute approximate surface area is 311 Å². The predicted octanol–water partition coefficient (Wildman–Crippen LogP) is 3.60. The number of unbranched alkanes of at least 4 members (excludes halogenated alkanes) is 1. The normalized spacial score (nSPS) is 26.5. The Hall–Kier alpha value is -4.27. The van der Waals surface area contributed by atoms with Gasteiger partial charge in [0.2, 0.25) is 11.8 Å². The number of rotatable bonds is 13. The molecule has 1 unspecified atom stereocenters. The molecule has 6 atom stereocenters. The monoisotopic (exact) mass is 749 g/mol. The average molecular weight is 750 g/mol. The molecule has 0 bridgehead atoms. The van der Waals surface area contributed by atoms with Crippen LogP contribution in [0.4, 0.5) is 11.4 Å². The predicted molar refractivity (Wildman–Crippen MR) is 198 cm³/mol. The first-order chi connectivity index (χ1) is 25.3. The molecular weight excluding hydrogens is 699 g/mol. The Morgan fingerprint density at radius 1 is 1.06 bits per heavy atom. The topological polar surface area (TPSA) is 152 Å². The molecule has 0 aliphatic carbocycles. The van der Waals surface area contributed by atoms with E-state index in [9.17, 15) is 24.3 Å². The SMILES string of the molecule is COC(=O)CCCCN1C(=O)[C@@]2(O[C@@H](CC(=O)N3CCC[C@H]3CO)[C@H]([Si](C)(C)c3ccc(OC)cc3)[C@H]2C)c2cc(N3C(=O)CC3OC(C)=O)ccc21. The van der Waals surface area contributed by atoms with E-state index in [1.54, 1.807) is 35.1 Å². The quantitative estimate of drug-likeness (QED) is 0.139. The van der Waals surface area contributed by atoms with Crippen molar-refractivity contribution in [2.45, 2.75) is 101 Å². The summed E-state index contributed by atoms with van der Waals surface area (Å²) in [5.41, 5.74) is -0.000818. The lowest BCUT2D eigenvalue weighted by atomic mass is 9.82. The zero-order valence-electron chi connectivity index (χ0n) is 31.5. The van der Waals surface area contributed by atoms with E-state index < -0.39 is 37.9 Å². The summed E-state index contributed by atoms with van der Waals surface area (Å²) in [6, 6.07) is 13.1. The highest BCUT2D eigenvalue weighted by molar-refractivity contribution is 6.91. The number of methoxy groups -OCH3 is 2. The van der Waals surface area contributed by atoms with Gasteiger partial charge >= 0.3 is 11.9 Å². The molecule has 0 saturated carbocycles. The molecule has 4 aliphatic heterocycles. The lowest BCUT2D eigenvalue weighted by Gasteiger charge is -2.39. The van der Waals surface area contributed by atoms with Gasteiger partial charge < -0.3 is 33.9 Å². The summed E-state index contributed by atoms with van der Waals surface area (Å²) in [4.78, 5) is 70.8. The van der Waals surface area contributed by atoms with Gasteiger partial charge in [0, 0.05) is 43.6 Å². The van der Waals surface area contributed by atoms with Crippen LogP contribution in [0.15, 0.2) is 42.5 Å². The molecule has 1 N–H and O–H groups in total. The summed E-state index contributed by atoms with van der Waals surface area (Å²) >= 11 is 0. The van der Waals surface area contributed by atoms with Crippen LogP contribution in [0, 0.1) is 5.92 Å². The third kappa shape index (κ3) is 6.85. The maximum Gasteiger partial charge on any atom is 0.305 e. The van der Waals surface area contributed by atoms with Gasteiger partial charge in [0.05, 0.1) is 59.6 Å². The fourth-order valence-electron chi connectivity index (χ4n) is 9.14. The summed E-state index contributed by atoms with van der Waals surface area (Å²) in [6.45, 7) is 8.57. The lowest BCUT2D eigenvalue weighted by Crippen LogP contribution is -2.55. The van der Waals surface area contributed by atoms with Crippen LogP contribution in [0.3, 0.4) is 0 Å². The van der Waals surface area contributed by atoms with Crippen molar-refractivity contribution in [3.05, 3.63) is 48.0 Å². The number of ether oxygens (including phenoxy) is 4. The van der Waals surface area contributed by atoms with Gasteiger partial charge in [0.15, 0.2) is 11.8 Å². The number of aliphatic hydroxyl groups is 1. The van der Waals surface area contributed by atoms with E-state index in [4.69, 9.17) is 18.9 Å². The van der Waals surface area contributed by atoms with Crippen molar-refractivity contribution in [3.63, 3.8) is 0 Å². The number of fused-ring (bicyclic) bond motifs is 2. The summed E-state index contributed by atoms with van der Waals surface area (Å²) in [5.74, 6) is -1.10. The number of hydrogen-bond acceptors (Lipinski definition) is 10. The van der Waals surface area contributed by atoms with E-state index in [0.717, 1.165) is 23.8 Å². The van der Waals surface area contributed by atoms with Gasteiger partial charge in [0.1, 0.15) is 5.75 Å². The molecule has 3 fully saturated rings. The number of carbonyl (C=O) groups is 5. The third-order valence-electron chi connectivity index (χ3n) is 11.8. The zero-order chi connectivity index (χ0) is 38.2. The molecule has 2 aromatic carbocycles. The van der Waals surface area contributed by atoms with Crippen molar-refractivity contribution >= 4 is 54.3 Å². The third-order valence-corrected chi connectivity index (χ3v) is 16.2. The van der Waals surface area contributed by atoms with E-state index in [2.05, 4.69) is 25.2 Å². The first kappa shape index (κ1) is 38.5. The Balaban J connectivity index is 1.44. The van der Waals surface area contributed by atoms with Crippen molar-refractivity contribution in [3.8, 4) is 5.75 Å². The molecule has 0 aromatic heterocycles. The highest BCUT2D eigenvalue weighted by Gasteiger charge is 2.66. The van der Waals surface area contributed by atoms with E-state index in [-0.39, 0.29) is 61.1 Å². The lowest BCUT2D eigenvalue weighted by molar-refractivity contribution is -0.154. The molecular formula is C39H51N3O10Si. The van der Waals surface area contributed by atoms with Crippen molar-refractivity contribution in [1.82, 2.24) is 4.90 Å². The molecule has 53 heavy (non-hydrogen) atoms. The Kier molecular flexibility index (Phi) is 11.0. The number of likely N-dealkylation sites (tertiary alicyclic amines) is 1. The van der Waals surface area contributed by atoms with Crippen LogP contribution >= 0.6 is 0 Å². The van der Waals surface area contributed by atoms with Crippen LogP contribution < -0.4 is 19.7 Å².